The van der Waals surface area contributed by atoms with Crippen molar-refractivity contribution >= 4 is 0 Å². The standard InChI is InChI=1S/C17H15FN2/c1-11-4-3-5-12(2)16(11)17-19-10-15(20-17)13-6-8-14(18)9-7-13/h3-10H,1-2H3,(H,19,20). The van der Waals surface area contributed by atoms with Gasteiger partial charge in [-0.2, -0.15) is 0 Å². The molecule has 0 spiro atoms. The van der Waals surface area contributed by atoms with Crippen molar-refractivity contribution in [3.05, 3.63) is 65.6 Å². The van der Waals surface area contributed by atoms with Crippen LogP contribution in [0.1, 0.15) is 11.1 Å². The number of imidazole rings is 1. The Bertz CT molecular complexity index is 722. The molecule has 0 fully saturated rings. The molecule has 1 N–H and O–H groups in total. The lowest BCUT2D eigenvalue weighted by atomic mass is 10.0. The number of nitrogens with zero attached hydrogens (tertiary/aromatic N) is 1. The quantitative estimate of drug-likeness (QED) is 0.727. The van der Waals surface area contributed by atoms with Gasteiger partial charge in [0.2, 0.25) is 0 Å². The van der Waals surface area contributed by atoms with E-state index in [-0.39, 0.29) is 5.82 Å². The molecule has 0 bridgehead atoms. The first-order valence-corrected chi connectivity index (χ1v) is 6.53. The van der Waals surface area contributed by atoms with Gasteiger partial charge in [0.1, 0.15) is 11.6 Å². The Hall–Kier alpha value is -2.42. The first-order chi connectivity index (χ1) is 9.65. The fraction of sp³-hybridized carbons (Fsp3) is 0.118. The van der Waals surface area contributed by atoms with Gasteiger partial charge in [0, 0.05) is 17.3 Å². The maximum absolute atomic E-state index is 13.0. The number of benzene rings is 2. The highest BCUT2D eigenvalue weighted by atomic mass is 19.1. The fourth-order valence-electron chi connectivity index (χ4n) is 2.41. The molecule has 3 aromatic rings. The zero-order chi connectivity index (χ0) is 14.1. The van der Waals surface area contributed by atoms with E-state index in [2.05, 4.69) is 35.9 Å². The van der Waals surface area contributed by atoms with Gasteiger partial charge in [-0.3, -0.25) is 0 Å². The van der Waals surface area contributed by atoms with E-state index in [1.807, 2.05) is 12.3 Å². The second-order valence-corrected chi connectivity index (χ2v) is 4.91. The highest BCUT2D eigenvalue weighted by Crippen LogP contribution is 2.27. The van der Waals surface area contributed by atoms with Gasteiger partial charge >= 0.3 is 0 Å². The van der Waals surface area contributed by atoms with E-state index in [0.29, 0.717) is 0 Å². The highest BCUT2D eigenvalue weighted by Gasteiger charge is 2.10. The Morgan fingerprint density at radius 2 is 1.60 bits per heavy atom. The minimum atomic E-state index is -0.237. The maximum atomic E-state index is 13.0. The van der Waals surface area contributed by atoms with E-state index >= 15 is 0 Å². The summed E-state index contributed by atoms with van der Waals surface area (Å²) >= 11 is 0. The SMILES string of the molecule is Cc1cccc(C)c1-c1nc(-c2ccc(F)cc2)c[nH]1. The lowest BCUT2D eigenvalue weighted by Gasteiger charge is -2.06. The number of H-pyrrole nitrogens is 1. The number of hydrogen-bond acceptors (Lipinski definition) is 1. The molecular weight excluding hydrogens is 251 g/mol. The van der Waals surface area contributed by atoms with E-state index in [0.717, 1.165) is 22.6 Å². The summed E-state index contributed by atoms with van der Waals surface area (Å²) in [5.74, 6) is 0.610. The molecule has 2 nitrogen and oxygen atoms in total. The summed E-state index contributed by atoms with van der Waals surface area (Å²) in [6, 6.07) is 12.5. The van der Waals surface area contributed by atoms with Crippen LogP contribution in [0, 0.1) is 19.7 Å². The number of aromatic amines is 1. The molecule has 100 valence electrons. The highest BCUT2D eigenvalue weighted by molar-refractivity contribution is 5.68. The average Bonchev–Trinajstić information content (AvgIpc) is 2.89. The van der Waals surface area contributed by atoms with E-state index in [1.165, 1.54) is 23.3 Å². The van der Waals surface area contributed by atoms with E-state index < -0.39 is 0 Å². The Kier molecular flexibility index (Phi) is 3.11. The zero-order valence-electron chi connectivity index (χ0n) is 11.4. The molecule has 1 heterocycles. The minimum Gasteiger partial charge on any atom is -0.344 e. The van der Waals surface area contributed by atoms with Crippen LogP contribution >= 0.6 is 0 Å². The molecule has 0 amide bonds. The molecule has 3 rings (SSSR count). The van der Waals surface area contributed by atoms with Crippen molar-refractivity contribution in [2.75, 3.05) is 0 Å². The second kappa shape index (κ2) is 4.93. The number of nitrogens with one attached hydrogen (secondary N) is 1. The van der Waals surface area contributed by atoms with Gasteiger partial charge in [0.25, 0.3) is 0 Å². The first-order valence-electron chi connectivity index (χ1n) is 6.53. The van der Waals surface area contributed by atoms with Crippen LogP contribution in [0.5, 0.6) is 0 Å². The van der Waals surface area contributed by atoms with Gasteiger partial charge in [-0.25, -0.2) is 9.37 Å². The van der Waals surface area contributed by atoms with Crippen LogP contribution < -0.4 is 0 Å². The third-order valence-corrected chi connectivity index (χ3v) is 3.44. The predicted molar refractivity (Wildman–Crippen MR) is 78.9 cm³/mol. The molecule has 0 saturated carbocycles. The van der Waals surface area contributed by atoms with Gasteiger partial charge in [0.15, 0.2) is 0 Å². The molecule has 1 aromatic heterocycles. The smallest absolute Gasteiger partial charge is 0.138 e. The zero-order valence-corrected chi connectivity index (χ0v) is 11.4. The summed E-state index contributed by atoms with van der Waals surface area (Å²) in [6.45, 7) is 4.14. The minimum absolute atomic E-state index is 0.237. The summed E-state index contributed by atoms with van der Waals surface area (Å²) in [5, 5.41) is 0. The largest absolute Gasteiger partial charge is 0.344 e. The van der Waals surface area contributed by atoms with Gasteiger partial charge in [-0.1, -0.05) is 18.2 Å². The van der Waals surface area contributed by atoms with Crippen molar-refractivity contribution in [3.8, 4) is 22.6 Å². The third-order valence-electron chi connectivity index (χ3n) is 3.44. The van der Waals surface area contributed by atoms with E-state index in [1.54, 1.807) is 12.1 Å². The summed E-state index contributed by atoms with van der Waals surface area (Å²) in [7, 11) is 0. The maximum Gasteiger partial charge on any atom is 0.138 e. The molecular formula is C17H15FN2. The number of aromatic nitrogens is 2. The molecule has 0 unspecified atom stereocenters. The summed E-state index contributed by atoms with van der Waals surface area (Å²) in [4.78, 5) is 7.84. The molecule has 0 aliphatic carbocycles. The van der Waals surface area contributed by atoms with Gasteiger partial charge < -0.3 is 4.98 Å². The van der Waals surface area contributed by atoms with Crippen LogP contribution in [0.4, 0.5) is 4.39 Å². The van der Waals surface area contributed by atoms with Gasteiger partial charge in [0.05, 0.1) is 5.69 Å². The first kappa shape index (κ1) is 12.6. The van der Waals surface area contributed by atoms with Gasteiger partial charge in [-0.05, 0) is 49.2 Å². The second-order valence-electron chi connectivity index (χ2n) is 4.91. The molecule has 20 heavy (non-hydrogen) atoms. The van der Waals surface area contributed by atoms with Crippen LogP contribution in [-0.2, 0) is 0 Å². The van der Waals surface area contributed by atoms with E-state index in [9.17, 15) is 4.39 Å². The number of hydrogen-bond donors (Lipinski definition) is 1. The average molecular weight is 266 g/mol. The lowest BCUT2D eigenvalue weighted by molar-refractivity contribution is 0.628. The van der Waals surface area contributed by atoms with Crippen molar-refractivity contribution in [1.29, 1.82) is 0 Å². The number of aryl methyl sites for hydroxylation is 2. The Balaban J connectivity index is 2.04. The van der Waals surface area contributed by atoms with Crippen LogP contribution in [0.15, 0.2) is 48.7 Å². The van der Waals surface area contributed by atoms with Crippen LogP contribution in [0.25, 0.3) is 22.6 Å². The van der Waals surface area contributed by atoms with Gasteiger partial charge in [-0.15, -0.1) is 0 Å². The predicted octanol–water partition coefficient (Wildman–Crippen LogP) is 4.50. The van der Waals surface area contributed by atoms with Crippen molar-refractivity contribution in [1.82, 2.24) is 9.97 Å². The third kappa shape index (κ3) is 2.23. The Labute approximate surface area is 117 Å². The van der Waals surface area contributed by atoms with Crippen molar-refractivity contribution in [3.63, 3.8) is 0 Å². The molecule has 0 radical (unpaired) electrons. The summed E-state index contributed by atoms with van der Waals surface area (Å²) in [6.07, 6.45) is 1.86. The van der Waals surface area contributed by atoms with E-state index in [4.69, 9.17) is 0 Å². The van der Waals surface area contributed by atoms with Crippen LogP contribution in [-0.4, -0.2) is 9.97 Å². The topological polar surface area (TPSA) is 28.7 Å². The molecule has 0 aliphatic heterocycles. The lowest BCUT2D eigenvalue weighted by Crippen LogP contribution is -1.89. The summed E-state index contributed by atoms with van der Waals surface area (Å²) in [5.41, 5.74) is 5.22. The molecule has 3 heteroatoms. The van der Waals surface area contributed by atoms with Crippen molar-refractivity contribution in [2.24, 2.45) is 0 Å². The van der Waals surface area contributed by atoms with Crippen molar-refractivity contribution in [2.45, 2.75) is 13.8 Å². The van der Waals surface area contributed by atoms with Crippen LogP contribution in [0.2, 0.25) is 0 Å². The number of rotatable bonds is 2. The molecule has 0 saturated heterocycles. The molecule has 0 aliphatic rings. The molecule has 0 atom stereocenters. The monoisotopic (exact) mass is 266 g/mol. The van der Waals surface area contributed by atoms with Crippen LogP contribution in [0.3, 0.4) is 0 Å². The van der Waals surface area contributed by atoms with Crippen molar-refractivity contribution < 1.29 is 4.39 Å². The Morgan fingerprint density at radius 3 is 2.25 bits per heavy atom. The fourth-order valence-corrected chi connectivity index (χ4v) is 2.41. The summed E-state index contributed by atoms with van der Waals surface area (Å²) < 4.78 is 13.0. The molecule has 2 aromatic carbocycles. The normalized spacial score (nSPS) is 10.8. The number of halogens is 1. The Morgan fingerprint density at radius 1 is 0.950 bits per heavy atom.